The van der Waals surface area contributed by atoms with Gasteiger partial charge in [-0.3, -0.25) is 9.69 Å². The van der Waals surface area contributed by atoms with Crippen LogP contribution in [0.15, 0.2) is 0 Å². The molecule has 0 spiro atoms. The van der Waals surface area contributed by atoms with E-state index in [4.69, 9.17) is 9.47 Å². The summed E-state index contributed by atoms with van der Waals surface area (Å²) in [5, 5.41) is 0. The Bertz CT molecular complexity index is 218. The quantitative estimate of drug-likeness (QED) is 0.599. The fraction of sp³-hybridized carbons (Fsp3) is 0.917. The molecule has 17 heavy (non-hydrogen) atoms. The molecule has 0 amide bonds. The van der Waals surface area contributed by atoms with Gasteiger partial charge in [0, 0.05) is 32.7 Å². The van der Waals surface area contributed by atoms with Crippen LogP contribution in [0.2, 0.25) is 0 Å². The molecule has 0 aromatic carbocycles. The van der Waals surface area contributed by atoms with Crippen LogP contribution in [-0.2, 0) is 14.3 Å². The molecule has 0 aromatic heterocycles. The van der Waals surface area contributed by atoms with E-state index in [9.17, 15) is 4.79 Å². The number of esters is 1. The number of ether oxygens (including phenoxy) is 2. The lowest BCUT2D eigenvalue weighted by Gasteiger charge is -2.28. The first-order valence-corrected chi connectivity index (χ1v) is 6.36. The molecule has 5 nitrogen and oxygen atoms in total. The Balaban J connectivity index is 2.03. The normalized spacial score (nSPS) is 17.4. The average molecular weight is 244 g/mol. The van der Waals surface area contributed by atoms with E-state index in [1.54, 1.807) is 0 Å². The van der Waals surface area contributed by atoms with Gasteiger partial charge in [-0.25, -0.2) is 0 Å². The molecule has 0 N–H and O–H groups in total. The summed E-state index contributed by atoms with van der Waals surface area (Å²) < 4.78 is 10.2. The largest absolute Gasteiger partial charge is 0.466 e. The summed E-state index contributed by atoms with van der Waals surface area (Å²) in [6, 6.07) is 0. The zero-order valence-electron chi connectivity index (χ0n) is 11.0. The highest BCUT2D eigenvalue weighted by Gasteiger charge is 2.11. The molecule has 1 fully saturated rings. The van der Waals surface area contributed by atoms with E-state index >= 15 is 0 Å². The summed E-state index contributed by atoms with van der Waals surface area (Å²) in [5.41, 5.74) is 0. The Hall–Kier alpha value is -0.650. The Morgan fingerprint density at radius 3 is 2.71 bits per heavy atom. The monoisotopic (exact) mass is 244 g/mol. The maximum atomic E-state index is 11.2. The molecule has 0 aliphatic carbocycles. The van der Waals surface area contributed by atoms with Gasteiger partial charge in [0.15, 0.2) is 0 Å². The van der Waals surface area contributed by atoms with Gasteiger partial charge in [-0.15, -0.1) is 0 Å². The molecular formula is C12H24N2O3. The second kappa shape index (κ2) is 8.44. The third-order valence-electron chi connectivity index (χ3n) is 2.90. The van der Waals surface area contributed by atoms with Crippen molar-refractivity contribution in [3.63, 3.8) is 0 Å². The highest BCUT2D eigenvalue weighted by Crippen LogP contribution is 1.97. The zero-order valence-corrected chi connectivity index (χ0v) is 11.0. The topological polar surface area (TPSA) is 42.0 Å². The van der Waals surface area contributed by atoms with E-state index in [1.165, 1.54) is 0 Å². The number of nitrogens with zero attached hydrogens (tertiary/aromatic N) is 2. The average Bonchev–Trinajstić information content (AvgIpc) is 2.35. The lowest BCUT2D eigenvalue weighted by Crippen LogP contribution is -2.41. The summed E-state index contributed by atoms with van der Waals surface area (Å²) in [6.07, 6.45) is 0.480. The molecule has 0 unspecified atom stereocenters. The van der Waals surface area contributed by atoms with Crippen molar-refractivity contribution >= 4 is 5.97 Å². The predicted molar refractivity (Wildman–Crippen MR) is 66.0 cm³/mol. The molecule has 1 aliphatic heterocycles. The fourth-order valence-electron chi connectivity index (χ4n) is 1.76. The van der Waals surface area contributed by atoms with Crippen molar-refractivity contribution in [2.45, 2.75) is 13.3 Å². The minimum atomic E-state index is -0.106. The second-order valence-electron chi connectivity index (χ2n) is 4.31. The molecule has 1 saturated heterocycles. The van der Waals surface area contributed by atoms with Gasteiger partial charge < -0.3 is 14.4 Å². The van der Waals surface area contributed by atoms with Crippen LogP contribution in [0.3, 0.4) is 0 Å². The summed E-state index contributed by atoms with van der Waals surface area (Å²) in [7, 11) is 2.04. The lowest BCUT2D eigenvalue weighted by molar-refractivity contribution is -0.143. The maximum Gasteiger partial charge on any atom is 0.307 e. The van der Waals surface area contributed by atoms with Gasteiger partial charge in [0.05, 0.1) is 26.2 Å². The molecule has 0 aromatic rings. The third kappa shape index (κ3) is 6.61. The van der Waals surface area contributed by atoms with Crippen molar-refractivity contribution in [3.05, 3.63) is 0 Å². The molecule has 5 heteroatoms. The first-order valence-electron chi connectivity index (χ1n) is 6.36. The number of hydrogen-bond acceptors (Lipinski definition) is 5. The first-order chi connectivity index (χ1) is 8.22. The molecule has 1 rings (SSSR count). The van der Waals surface area contributed by atoms with Crippen LogP contribution in [0.4, 0.5) is 0 Å². The van der Waals surface area contributed by atoms with Gasteiger partial charge >= 0.3 is 5.97 Å². The Labute approximate surface area is 104 Å². The first kappa shape index (κ1) is 14.4. The molecule has 1 aliphatic rings. The van der Waals surface area contributed by atoms with Crippen LogP contribution >= 0.6 is 0 Å². The highest BCUT2D eigenvalue weighted by molar-refractivity contribution is 5.69. The van der Waals surface area contributed by atoms with Gasteiger partial charge in [-0.2, -0.15) is 0 Å². The lowest BCUT2D eigenvalue weighted by atomic mass is 10.3. The standard InChI is InChI=1S/C12H24N2O3/c1-3-17-12(15)4-5-13(2)6-7-14-8-10-16-11-9-14/h3-11H2,1-2H3. The van der Waals surface area contributed by atoms with Crippen molar-refractivity contribution in [1.29, 1.82) is 0 Å². The van der Waals surface area contributed by atoms with Gasteiger partial charge in [0.2, 0.25) is 0 Å². The minimum Gasteiger partial charge on any atom is -0.466 e. The number of carbonyl (C=O) groups is 1. The SMILES string of the molecule is CCOC(=O)CCN(C)CCN1CCOCC1. The minimum absolute atomic E-state index is 0.106. The van der Waals surface area contributed by atoms with Crippen molar-refractivity contribution < 1.29 is 14.3 Å². The molecule has 0 atom stereocenters. The molecule has 0 radical (unpaired) electrons. The molecular weight excluding hydrogens is 220 g/mol. The summed E-state index contributed by atoms with van der Waals surface area (Å²) in [4.78, 5) is 15.7. The Morgan fingerprint density at radius 1 is 1.35 bits per heavy atom. The number of hydrogen-bond donors (Lipinski definition) is 0. The van der Waals surface area contributed by atoms with Crippen LogP contribution in [0, 0.1) is 0 Å². The van der Waals surface area contributed by atoms with E-state index in [0.717, 1.165) is 45.9 Å². The zero-order chi connectivity index (χ0) is 12.5. The Kier molecular flexibility index (Phi) is 7.16. The van der Waals surface area contributed by atoms with E-state index in [2.05, 4.69) is 9.80 Å². The second-order valence-corrected chi connectivity index (χ2v) is 4.31. The predicted octanol–water partition coefficient (Wildman–Crippen LogP) is 0.204. The molecule has 0 saturated carbocycles. The molecule has 1 heterocycles. The maximum absolute atomic E-state index is 11.2. The summed E-state index contributed by atoms with van der Waals surface area (Å²) in [6.45, 7) is 8.82. The van der Waals surface area contributed by atoms with Crippen LogP contribution < -0.4 is 0 Å². The summed E-state index contributed by atoms with van der Waals surface area (Å²) in [5.74, 6) is -0.106. The highest BCUT2D eigenvalue weighted by atomic mass is 16.5. The van der Waals surface area contributed by atoms with Crippen LogP contribution in [-0.4, -0.2) is 75.4 Å². The van der Waals surface area contributed by atoms with Gasteiger partial charge in [0.25, 0.3) is 0 Å². The van der Waals surface area contributed by atoms with E-state index in [1.807, 2.05) is 14.0 Å². The van der Waals surface area contributed by atoms with Gasteiger partial charge in [0.1, 0.15) is 0 Å². The van der Waals surface area contributed by atoms with E-state index in [0.29, 0.717) is 13.0 Å². The fourth-order valence-corrected chi connectivity index (χ4v) is 1.76. The van der Waals surface area contributed by atoms with Gasteiger partial charge in [-0.1, -0.05) is 0 Å². The van der Waals surface area contributed by atoms with Crippen LogP contribution in [0.5, 0.6) is 0 Å². The molecule has 100 valence electrons. The number of likely N-dealkylation sites (N-methyl/N-ethyl adjacent to an activating group) is 1. The van der Waals surface area contributed by atoms with E-state index < -0.39 is 0 Å². The van der Waals surface area contributed by atoms with Crippen molar-refractivity contribution in [1.82, 2.24) is 9.80 Å². The summed E-state index contributed by atoms with van der Waals surface area (Å²) >= 11 is 0. The molecule has 0 bridgehead atoms. The van der Waals surface area contributed by atoms with Crippen LogP contribution in [0.1, 0.15) is 13.3 Å². The van der Waals surface area contributed by atoms with Crippen molar-refractivity contribution in [2.75, 3.05) is 59.6 Å². The Morgan fingerprint density at radius 2 is 2.06 bits per heavy atom. The smallest absolute Gasteiger partial charge is 0.307 e. The van der Waals surface area contributed by atoms with Crippen LogP contribution in [0.25, 0.3) is 0 Å². The third-order valence-corrected chi connectivity index (χ3v) is 2.90. The van der Waals surface area contributed by atoms with Gasteiger partial charge in [-0.05, 0) is 14.0 Å². The van der Waals surface area contributed by atoms with Crippen molar-refractivity contribution in [2.24, 2.45) is 0 Å². The number of morpholine rings is 1. The number of rotatable bonds is 7. The van der Waals surface area contributed by atoms with E-state index in [-0.39, 0.29) is 5.97 Å². The number of carbonyl (C=O) groups excluding carboxylic acids is 1. The van der Waals surface area contributed by atoms with Crippen molar-refractivity contribution in [3.8, 4) is 0 Å².